The molecule has 0 aliphatic carbocycles. The van der Waals surface area contributed by atoms with Crippen LogP contribution in [0.15, 0.2) is 18.2 Å². The number of benzene rings is 1. The molecule has 0 fully saturated rings. The summed E-state index contributed by atoms with van der Waals surface area (Å²) in [4.78, 5) is 0. The van der Waals surface area contributed by atoms with Gasteiger partial charge in [0.25, 0.3) is 0 Å². The zero-order valence-corrected chi connectivity index (χ0v) is 7.00. The van der Waals surface area contributed by atoms with Crippen LogP contribution in [-0.2, 0) is 0 Å². The molecule has 0 aromatic heterocycles. The molecule has 4 heteroatoms. The fraction of sp³-hybridized carbons (Fsp3) is 0.222. The first-order valence-corrected chi connectivity index (χ1v) is 3.84. The van der Waals surface area contributed by atoms with Gasteiger partial charge in [0.2, 0.25) is 0 Å². The van der Waals surface area contributed by atoms with Crippen LogP contribution in [0.1, 0.15) is 17.2 Å². The Balaban J connectivity index is 3.17. The van der Waals surface area contributed by atoms with Crippen molar-refractivity contribution < 1.29 is 4.39 Å². The molecule has 0 aliphatic rings. The van der Waals surface area contributed by atoms with Crippen molar-refractivity contribution >= 4 is 0 Å². The molecule has 0 heterocycles. The third-order valence-corrected chi connectivity index (χ3v) is 1.79. The maximum Gasteiger partial charge on any atom is 0.123 e. The van der Waals surface area contributed by atoms with E-state index in [1.807, 2.05) is 6.07 Å². The average Bonchev–Trinajstić information content (AvgIpc) is 2.16. The molecule has 0 bridgehead atoms. The topological polar surface area (TPSA) is 75.8 Å². The normalized spacial score (nSPS) is 12.2. The molecule has 0 saturated heterocycles. The number of halogens is 1. The third-order valence-electron chi connectivity index (χ3n) is 1.79. The van der Waals surface area contributed by atoms with Gasteiger partial charge in [-0.15, -0.1) is 0 Å². The summed E-state index contributed by atoms with van der Waals surface area (Å²) < 4.78 is 12.8. The van der Waals surface area contributed by atoms with E-state index in [-0.39, 0.29) is 6.54 Å². The van der Waals surface area contributed by atoms with Gasteiger partial charge < -0.3 is 11.5 Å². The predicted molar refractivity (Wildman–Crippen MR) is 47.1 cm³/mol. The molecule has 0 spiro atoms. The molecule has 0 radical (unpaired) electrons. The monoisotopic (exact) mass is 179 g/mol. The van der Waals surface area contributed by atoms with Crippen LogP contribution in [0.3, 0.4) is 0 Å². The SMILES string of the molecule is N#Cc1ccc(F)cc1[C@@H](N)CN. The smallest absolute Gasteiger partial charge is 0.123 e. The van der Waals surface area contributed by atoms with Crippen molar-refractivity contribution in [2.45, 2.75) is 6.04 Å². The van der Waals surface area contributed by atoms with Gasteiger partial charge in [-0.25, -0.2) is 4.39 Å². The maximum absolute atomic E-state index is 12.8. The van der Waals surface area contributed by atoms with Crippen molar-refractivity contribution in [1.82, 2.24) is 0 Å². The first-order valence-electron chi connectivity index (χ1n) is 3.84. The van der Waals surface area contributed by atoms with Crippen molar-refractivity contribution in [3.05, 3.63) is 35.1 Å². The van der Waals surface area contributed by atoms with Gasteiger partial charge in [-0.05, 0) is 23.8 Å². The van der Waals surface area contributed by atoms with Gasteiger partial charge in [-0.1, -0.05) is 0 Å². The van der Waals surface area contributed by atoms with Gasteiger partial charge >= 0.3 is 0 Å². The van der Waals surface area contributed by atoms with Crippen LogP contribution in [0.5, 0.6) is 0 Å². The van der Waals surface area contributed by atoms with Gasteiger partial charge in [0, 0.05) is 12.6 Å². The highest BCUT2D eigenvalue weighted by atomic mass is 19.1. The largest absolute Gasteiger partial charge is 0.329 e. The molecule has 1 atom stereocenters. The summed E-state index contributed by atoms with van der Waals surface area (Å²) >= 11 is 0. The van der Waals surface area contributed by atoms with E-state index in [1.165, 1.54) is 18.2 Å². The predicted octanol–water partition coefficient (Wildman–Crippen LogP) is 0.656. The molecular weight excluding hydrogens is 169 g/mol. The zero-order chi connectivity index (χ0) is 9.84. The molecule has 0 unspecified atom stereocenters. The van der Waals surface area contributed by atoms with E-state index < -0.39 is 11.9 Å². The molecule has 3 nitrogen and oxygen atoms in total. The maximum atomic E-state index is 12.8. The number of nitriles is 1. The van der Waals surface area contributed by atoms with Crippen LogP contribution < -0.4 is 11.5 Å². The molecule has 1 aromatic rings. The van der Waals surface area contributed by atoms with E-state index in [0.29, 0.717) is 11.1 Å². The van der Waals surface area contributed by atoms with Crippen molar-refractivity contribution in [2.75, 3.05) is 6.54 Å². The lowest BCUT2D eigenvalue weighted by molar-refractivity contribution is 0.619. The Morgan fingerprint density at radius 1 is 1.54 bits per heavy atom. The van der Waals surface area contributed by atoms with E-state index in [2.05, 4.69) is 0 Å². The van der Waals surface area contributed by atoms with Gasteiger partial charge in [-0.3, -0.25) is 0 Å². The van der Waals surface area contributed by atoms with Crippen LogP contribution >= 0.6 is 0 Å². The fourth-order valence-electron chi connectivity index (χ4n) is 1.07. The van der Waals surface area contributed by atoms with Crippen LogP contribution in [-0.4, -0.2) is 6.54 Å². The zero-order valence-electron chi connectivity index (χ0n) is 7.00. The highest BCUT2D eigenvalue weighted by Crippen LogP contribution is 2.16. The molecule has 1 aromatic carbocycles. The van der Waals surface area contributed by atoms with E-state index in [1.54, 1.807) is 0 Å². The first-order chi connectivity index (χ1) is 6.19. The minimum atomic E-state index is -0.481. The number of nitrogens with two attached hydrogens (primary N) is 2. The molecule has 13 heavy (non-hydrogen) atoms. The minimum Gasteiger partial charge on any atom is -0.329 e. The summed E-state index contributed by atoms with van der Waals surface area (Å²) in [6.45, 7) is 0.193. The molecule has 0 saturated carbocycles. The van der Waals surface area contributed by atoms with Gasteiger partial charge in [0.1, 0.15) is 5.82 Å². The lowest BCUT2D eigenvalue weighted by Crippen LogP contribution is -2.21. The van der Waals surface area contributed by atoms with Crippen LogP contribution in [0.2, 0.25) is 0 Å². The van der Waals surface area contributed by atoms with E-state index >= 15 is 0 Å². The molecule has 4 N–H and O–H groups in total. The van der Waals surface area contributed by atoms with Crippen molar-refractivity contribution in [3.8, 4) is 6.07 Å². The number of hydrogen-bond donors (Lipinski definition) is 2. The lowest BCUT2D eigenvalue weighted by atomic mass is 10.0. The second kappa shape index (κ2) is 3.99. The fourth-order valence-corrected chi connectivity index (χ4v) is 1.07. The second-order valence-electron chi connectivity index (χ2n) is 2.69. The van der Waals surface area contributed by atoms with Crippen molar-refractivity contribution in [3.63, 3.8) is 0 Å². The summed E-state index contributed by atoms with van der Waals surface area (Å²) in [6, 6.07) is 5.33. The summed E-state index contributed by atoms with van der Waals surface area (Å²) in [5.41, 5.74) is 11.8. The van der Waals surface area contributed by atoms with Gasteiger partial charge in [0.15, 0.2) is 0 Å². The summed E-state index contributed by atoms with van der Waals surface area (Å²) in [5, 5.41) is 8.68. The quantitative estimate of drug-likeness (QED) is 0.700. The Kier molecular flexibility index (Phi) is 2.96. The Hall–Kier alpha value is -1.44. The molecular formula is C9H10FN3. The first kappa shape index (κ1) is 9.65. The van der Waals surface area contributed by atoms with E-state index in [4.69, 9.17) is 16.7 Å². The molecule has 0 amide bonds. The Bertz CT molecular complexity index is 343. The third kappa shape index (κ3) is 2.02. The molecule has 1 rings (SSSR count). The Labute approximate surface area is 75.8 Å². The Morgan fingerprint density at radius 3 is 2.77 bits per heavy atom. The average molecular weight is 179 g/mol. The Morgan fingerprint density at radius 2 is 2.23 bits per heavy atom. The number of rotatable bonds is 2. The van der Waals surface area contributed by atoms with Gasteiger partial charge in [-0.2, -0.15) is 5.26 Å². The minimum absolute atomic E-state index is 0.193. The summed E-state index contributed by atoms with van der Waals surface area (Å²) in [5.74, 6) is -0.405. The molecule has 0 aliphatic heterocycles. The lowest BCUT2D eigenvalue weighted by Gasteiger charge is -2.10. The standard InChI is InChI=1S/C9H10FN3/c10-7-2-1-6(4-11)8(3-7)9(13)5-12/h1-3,9H,5,12-13H2/t9-/m0/s1. The van der Waals surface area contributed by atoms with Crippen LogP contribution in [0.25, 0.3) is 0 Å². The van der Waals surface area contributed by atoms with Gasteiger partial charge in [0.05, 0.1) is 11.6 Å². The number of hydrogen-bond acceptors (Lipinski definition) is 3. The van der Waals surface area contributed by atoms with Crippen LogP contribution in [0, 0.1) is 17.1 Å². The number of nitrogens with zero attached hydrogens (tertiary/aromatic N) is 1. The molecule has 68 valence electrons. The summed E-state index contributed by atoms with van der Waals surface area (Å²) in [7, 11) is 0. The highest BCUT2D eigenvalue weighted by molar-refractivity contribution is 5.39. The van der Waals surface area contributed by atoms with Crippen molar-refractivity contribution in [1.29, 1.82) is 5.26 Å². The highest BCUT2D eigenvalue weighted by Gasteiger charge is 2.10. The summed E-state index contributed by atoms with van der Waals surface area (Å²) in [6.07, 6.45) is 0. The second-order valence-corrected chi connectivity index (χ2v) is 2.69. The van der Waals surface area contributed by atoms with Crippen LogP contribution in [0.4, 0.5) is 4.39 Å². The van der Waals surface area contributed by atoms with E-state index in [0.717, 1.165) is 0 Å². The van der Waals surface area contributed by atoms with E-state index in [9.17, 15) is 4.39 Å². The van der Waals surface area contributed by atoms with Crippen molar-refractivity contribution in [2.24, 2.45) is 11.5 Å².